The molecule has 1 aromatic rings. The summed E-state index contributed by atoms with van der Waals surface area (Å²) >= 11 is 0. The molecular formula is C15H19O4Si. The Morgan fingerprint density at radius 1 is 1.25 bits per heavy atom. The molecular weight excluding hydrogens is 272 g/mol. The molecule has 0 aromatic heterocycles. The van der Waals surface area contributed by atoms with Crippen LogP contribution in [-0.4, -0.2) is 27.6 Å². The van der Waals surface area contributed by atoms with E-state index in [9.17, 15) is 9.59 Å². The first-order valence-electron chi connectivity index (χ1n) is 6.51. The van der Waals surface area contributed by atoms with Crippen LogP contribution in [0, 0.1) is 0 Å². The fraction of sp³-hybridized carbons (Fsp3) is 0.333. The van der Waals surface area contributed by atoms with Gasteiger partial charge in [-0.2, -0.15) is 0 Å². The van der Waals surface area contributed by atoms with Gasteiger partial charge in [0.15, 0.2) is 0 Å². The standard InChI is InChI=1S/C15H19O4Si/c1-4-10-18-14(16)12-8-6-7-9-13(12)15(17)19-20(3)11-5-2/h4,6-9H,1,5,10-11H2,2-3H3. The number of ether oxygens (including phenoxy) is 1. The molecule has 0 saturated heterocycles. The molecule has 20 heavy (non-hydrogen) atoms. The molecule has 1 radical (unpaired) electrons. The van der Waals surface area contributed by atoms with Gasteiger partial charge in [0.1, 0.15) is 6.61 Å². The molecule has 4 nitrogen and oxygen atoms in total. The van der Waals surface area contributed by atoms with Gasteiger partial charge in [-0.25, -0.2) is 9.59 Å². The van der Waals surface area contributed by atoms with E-state index in [-0.39, 0.29) is 17.7 Å². The Hall–Kier alpha value is -1.88. The summed E-state index contributed by atoms with van der Waals surface area (Å²) in [5, 5.41) is 0. The number of carbonyl (C=O) groups is 2. The maximum atomic E-state index is 12.1. The second-order valence-electron chi connectivity index (χ2n) is 4.27. The summed E-state index contributed by atoms with van der Waals surface area (Å²) in [6.45, 7) is 7.57. The maximum Gasteiger partial charge on any atom is 0.339 e. The van der Waals surface area contributed by atoms with Gasteiger partial charge in [-0.3, -0.25) is 0 Å². The molecule has 0 atom stereocenters. The zero-order valence-electron chi connectivity index (χ0n) is 11.8. The first kappa shape index (κ1) is 16.2. The molecule has 0 unspecified atom stereocenters. The van der Waals surface area contributed by atoms with E-state index < -0.39 is 21.0 Å². The van der Waals surface area contributed by atoms with Gasteiger partial charge in [0.2, 0.25) is 0 Å². The Morgan fingerprint density at radius 2 is 1.85 bits per heavy atom. The van der Waals surface area contributed by atoms with Gasteiger partial charge < -0.3 is 9.16 Å². The lowest BCUT2D eigenvalue weighted by atomic mass is 10.1. The molecule has 0 aliphatic heterocycles. The highest BCUT2D eigenvalue weighted by molar-refractivity contribution is 6.52. The van der Waals surface area contributed by atoms with E-state index in [0.717, 1.165) is 12.5 Å². The lowest BCUT2D eigenvalue weighted by molar-refractivity contribution is 0.0539. The van der Waals surface area contributed by atoms with E-state index in [1.54, 1.807) is 24.3 Å². The predicted molar refractivity (Wildman–Crippen MR) is 79.1 cm³/mol. The monoisotopic (exact) mass is 291 g/mol. The first-order chi connectivity index (χ1) is 9.60. The van der Waals surface area contributed by atoms with Crippen LogP contribution in [-0.2, 0) is 9.16 Å². The number of benzene rings is 1. The number of rotatable bonds is 7. The summed E-state index contributed by atoms with van der Waals surface area (Å²) in [5.41, 5.74) is 0.479. The molecule has 5 heteroatoms. The van der Waals surface area contributed by atoms with Crippen molar-refractivity contribution in [3.8, 4) is 0 Å². The van der Waals surface area contributed by atoms with Crippen LogP contribution in [0.4, 0.5) is 0 Å². The topological polar surface area (TPSA) is 52.6 Å². The fourth-order valence-electron chi connectivity index (χ4n) is 1.67. The highest BCUT2D eigenvalue weighted by Gasteiger charge is 2.20. The smallest absolute Gasteiger partial charge is 0.339 e. The highest BCUT2D eigenvalue weighted by atomic mass is 28.3. The number of carbonyl (C=O) groups excluding carboxylic acids is 2. The molecule has 1 aromatic carbocycles. The maximum absolute atomic E-state index is 12.1. The molecule has 0 N–H and O–H groups in total. The summed E-state index contributed by atoms with van der Waals surface area (Å²) < 4.78 is 10.4. The molecule has 1 rings (SSSR count). The Kier molecular flexibility index (Phi) is 6.73. The summed E-state index contributed by atoms with van der Waals surface area (Å²) in [6, 6.07) is 7.41. The molecule has 0 amide bonds. The molecule has 0 aliphatic rings. The third-order valence-electron chi connectivity index (χ3n) is 2.57. The molecule has 0 heterocycles. The van der Waals surface area contributed by atoms with Crippen molar-refractivity contribution < 1.29 is 18.8 Å². The largest absolute Gasteiger partial charge is 0.514 e. The third-order valence-corrected chi connectivity index (χ3v) is 4.31. The zero-order valence-corrected chi connectivity index (χ0v) is 12.8. The Bertz CT molecular complexity index is 485. The van der Waals surface area contributed by atoms with E-state index in [1.807, 2.05) is 13.5 Å². The average molecular weight is 291 g/mol. The van der Waals surface area contributed by atoms with Crippen LogP contribution in [0.2, 0.25) is 12.6 Å². The van der Waals surface area contributed by atoms with Gasteiger partial charge in [0.05, 0.1) is 11.1 Å². The van der Waals surface area contributed by atoms with E-state index in [0.29, 0.717) is 0 Å². The second kappa shape index (κ2) is 8.32. The van der Waals surface area contributed by atoms with Crippen molar-refractivity contribution in [3.05, 3.63) is 48.0 Å². The number of esters is 1. The van der Waals surface area contributed by atoms with Gasteiger partial charge in [-0.05, 0) is 24.7 Å². The van der Waals surface area contributed by atoms with Crippen LogP contribution in [0.15, 0.2) is 36.9 Å². The zero-order chi connectivity index (χ0) is 15.0. The minimum atomic E-state index is -1.16. The van der Waals surface area contributed by atoms with Crippen LogP contribution < -0.4 is 0 Å². The summed E-state index contributed by atoms with van der Waals surface area (Å²) in [5.74, 6) is -1.00. The lowest BCUT2D eigenvalue weighted by Gasteiger charge is -2.12. The van der Waals surface area contributed by atoms with Crippen molar-refractivity contribution in [1.82, 2.24) is 0 Å². The highest BCUT2D eigenvalue weighted by Crippen LogP contribution is 2.13. The molecule has 107 valence electrons. The van der Waals surface area contributed by atoms with Gasteiger partial charge in [0.25, 0.3) is 9.04 Å². The molecule has 0 saturated carbocycles. The van der Waals surface area contributed by atoms with Crippen LogP contribution in [0.25, 0.3) is 0 Å². The molecule has 0 aliphatic carbocycles. The summed E-state index contributed by atoms with van der Waals surface area (Å²) in [6.07, 6.45) is 2.45. The third kappa shape index (κ3) is 4.66. The van der Waals surface area contributed by atoms with Gasteiger partial charge in [-0.1, -0.05) is 38.1 Å². The van der Waals surface area contributed by atoms with Crippen LogP contribution in [0.5, 0.6) is 0 Å². The van der Waals surface area contributed by atoms with Crippen molar-refractivity contribution in [3.63, 3.8) is 0 Å². The van der Waals surface area contributed by atoms with E-state index in [1.165, 1.54) is 6.08 Å². The normalized spacial score (nSPS) is 10.2. The molecule has 0 spiro atoms. The van der Waals surface area contributed by atoms with E-state index >= 15 is 0 Å². The van der Waals surface area contributed by atoms with Crippen LogP contribution in [0.1, 0.15) is 34.1 Å². The lowest BCUT2D eigenvalue weighted by Crippen LogP contribution is -2.21. The summed E-state index contributed by atoms with van der Waals surface area (Å²) in [4.78, 5) is 24.0. The Morgan fingerprint density at radius 3 is 2.40 bits per heavy atom. The van der Waals surface area contributed by atoms with Crippen molar-refractivity contribution in [2.75, 3.05) is 6.61 Å². The van der Waals surface area contributed by atoms with Gasteiger partial charge in [0, 0.05) is 0 Å². The van der Waals surface area contributed by atoms with E-state index in [4.69, 9.17) is 9.16 Å². The fourth-order valence-corrected chi connectivity index (χ4v) is 2.90. The molecule has 0 bridgehead atoms. The van der Waals surface area contributed by atoms with Crippen molar-refractivity contribution in [2.24, 2.45) is 0 Å². The van der Waals surface area contributed by atoms with Crippen molar-refractivity contribution >= 4 is 21.0 Å². The average Bonchev–Trinajstić information content (AvgIpc) is 2.44. The van der Waals surface area contributed by atoms with Crippen LogP contribution in [0.3, 0.4) is 0 Å². The minimum absolute atomic E-state index is 0.112. The van der Waals surface area contributed by atoms with Gasteiger partial charge >= 0.3 is 11.9 Å². The predicted octanol–water partition coefficient (Wildman–Crippen LogP) is 3.22. The first-order valence-corrected chi connectivity index (χ1v) is 8.63. The summed E-state index contributed by atoms with van der Waals surface area (Å²) in [7, 11) is -1.16. The quantitative estimate of drug-likeness (QED) is 0.440. The Balaban J connectivity index is 2.86. The minimum Gasteiger partial charge on any atom is -0.514 e. The number of hydrogen-bond acceptors (Lipinski definition) is 4. The Labute approximate surface area is 121 Å². The second-order valence-corrected chi connectivity index (χ2v) is 6.38. The van der Waals surface area contributed by atoms with Gasteiger partial charge in [-0.15, -0.1) is 0 Å². The molecule has 0 fully saturated rings. The SMILES string of the molecule is C=CCOC(=O)c1ccccc1C(=O)O[Si](C)CCC. The van der Waals surface area contributed by atoms with Crippen molar-refractivity contribution in [2.45, 2.75) is 25.9 Å². The van der Waals surface area contributed by atoms with Crippen LogP contribution >= 0.6 is 0 Å². The van der Waals surface area contributed by atoms with Crippen molar-refractivity contribution in [1.29, 1.82) is 0 Å². The van der Waals surface area contributed by atoms with E-state index in [2.05, 4.69) is 6.58 Å². The number of hydrogen-bond donors (Lipinski definition) is 0.